The molecule has 3 atom stereocenters. The smallest absolute Gasteiger partial charge is 0.268 e. The molecule has 4 rings (SSSR count). The molecule has 1 amide bonds. The third kappa shape index (κ3) is 2.76. The summed E-state index contributed by atoms with van der Waals surface area (Å²) >= 11 is 0. The summed E-state index contributed by atoms with van der Waals surface area (Å²) in [5.41, 5.74) is 2.89. The van der Waals surface area contributed by atoms with E-state index in [2.05, 4.69) is 14.9 Å². The van der Waals surface area contributed by atoms with Gasteiger partial charge in [-0.25, -0.2) is 4.98 Å². The summed E-state index contributed by atoms with van der Waals surface area (Å²) in [5.74, 6) is 0.833. The molecule has 2 N–H and O–H groups in total. The fourth-order valence-corrected chi connectivity index (χ4v) is 3.86. The van der Waals surface area contributed by atoms with Crippen molar-refractivity contribution in [2.75, 3.05) is 6.61 Å². The minimum atomic E-state index is -0.334. The van der Waals surface area contributed by atoms with Gasteiger partial charge in [-0.2, -0.15) is 4.73 Å². The molecule has 0 spiro atoms. The van der Waals surface area contributed by atoms with E-state index in [4.69, 9.17) is 0 Å². The van der Waals surface area contributed by atoms with Gasteiger partial charge in [-0.05, 0) is 23.8 Å². The molecule has 26 heavy (non-hydrogen) atoms. The van der Waals surface area contributed by atoms with E-state index in [1.165, 1.54) is 18.6 Å². The summed E-state index contributed by atoms with van der Waals surface area (Å²) in [4.78, 5) is 17.2. The number of aliphatic hydroxyl groups excluding tert-OH is 1. The molecule has 1 saturated carbocycles. The molecule has 2 aromatic rings. The number of aliphatic hydroxyl groups is 1. The van der Waals surface area contributed by atoms with Crippen LogP contribution >= 0.6 is 0 Å². The van der Waals surface area contributed by atoms with Crippen molar-refractivity contribution >= 4 is 5.91 Å². The average molecular weight is 356 g/mol. The van der Waals surface area contributed by atoms with Crippen LogP contribution in [0.4, 0.5) is 0 Å². The lowest BCUT2D eigenvalue weighted by molar-refractivity contribution is -0.605. The Kier molecular flexibility index (Phi) is 3.80. The minimum absolute atomic E-state index is 0.114. The highest BCUT2D eigenvalue weighted by atomic mass is 16.5. The van der Waals surface area contributed by atoms with E-state index in [9.17, 15) is 15.1 Å². The Balaban J connectivity index is 1.71. The molecular weight excluding hydrogens is 332 g/mol. The Morgan fingerprint density at radius 2 is 2.31 bits per heavy atom. The highest BCUT2D eigenvalue weighted by molar-refractivity contribution is 5.95. The van der Waals surface area contributed by atoms with Gasteiger partial charge < -0.3 is 20.2 Å². The van der Waals surface area contributed by atoms with E-state index in [1.807, 2.05) is 26.8 Å². The van der Waals surface area contributed by atoms with Crippen LogP contribution in [0.1, 0.15) is 49.3 Å². The van der Waals surface area contributed by atoms with Crippen LogP contribution in [-0.2, 0) is 6.54 Å². The molecule has 0 bridgehead atoms. The Morgan fingerprint density at radius 1 is 1.54 bits per heavy atom. The number of nitrogens with zero attached hydrogens (tertiary/aromatic N) is 3. The molecule has 1 fully saturated rings. The molecule has 2 unspecified atom stereocenters. The molecule has 0 aromatic carbocycles. The fraction of sp³-hybridized carbons (Fsp3) is 0.526. The zero-order chi connectivity index (χ0) is 18.6. The van der Waals surface area contributed by atoms with Gasteiger partial charge >= 0.3 is 0 Å². The van der Waals surface area contributed by atoms with Gasteiger partial charge in [0.15, 0.2) is 6.20 Å². The standard InChI is InChI=1S/C19H24N4O3/c1-19(2,3)16(10-24)21-18(25)15-7-13(14-9-22(26)5-4-20-14)17-12-6-11(12)8-23(15)17/h4-5,7,9,11-12,16,24H,6,8,10H2,1-3H3,(H,21,25)/t11?,12?,16-/m1/s1. The van der Waals surface area contributed by atoms with Crippen molar-refractivity contribution in [3.63, 3.8) is 0 Å². The number of amides is 1. The second kappa shape index (κ2) is 5.81. The van der Waals surface area contributed by atoms with Crippen molar-refractivity contribution in [3.05, 3.63) is 41.3 Å². The molecule has 138 valence electrons. The third-order valence-electron chi connectivity index (χ3n) is 5.55. The number of hydrogen-bond donors (Lipinski definition) is 2. The summed E-state index contributed by atoms with van der Waals surface area (Å²) in [6.07, 6.45) is 5.40. The maximum atomic E-state index is 12.9. The molecule has 7 heteroatoms. The van der Waals surface area contributed by atoms with Crippen molar-refractivity contribution < 1.29 is 14.6 Å². The second-order valence-electron chi connectivity index (χ2n) is 8.42. The van der Waals surface area contributed by atoms with E-state index in [-0.39, 0.29) is 24.0 Å². The monoisotopic (exact) mass is 356 g/mol. The number of fused-ring (bicyclic) bond motifs is 3. The molecule has 0 radical (unpaired) electrons. The quantitative estimate of drug-likeness (QED) is 0.640. The lowest BCUT2D eigenvalue weighted by Gasteiger charge is -2.29. The molecule has 3 heterocycles. The zero-order valence-electron chi connectivity index (χ0n) is 15.3. The van der Waals surface area contributed by atoms with E-state index < -0.39 is 0 Å². The summed E-state index contributed by atoms with van der Waals surface area (Å²) < 4.78 is 2.79. The van der Waals surface area contributed by atoms with Gasteiger partial charge in [0, 0.05) is 23.7 Å². The highest BCUT2D eigenvalue weighted by Gasteiger charge is 2.49. The second-order valence-corrected chi connectivity index (χ2v) is 8.42. The van der Waals surface area contributed by atoms with Gasteiger partial charge in [0.05, 0.1) is 18.8 Å². The van der Waals surface area contributed by atoms with Crippen LogP contribution in [0.5, 0.6) is 0 Å². The van der Waals surface area contributed by atoms with E-state index in [0.29, 0.717) is 23.2 Å². The maximum absolute atomic E-state index is 12.9. The molecule has 1 aliphatic heterocycles. The van der Waals surface area contributed by atoms with Crippen LogP contribution in [-0.4, -0.2) is 33.2 Å². The van der Waals surface area contributed by atoms with E-state index >= 15 is 0 Å². The minimum Gasteiger partial charge on any atom is -0.619 e. The number of carbonyl (C=O) groups excluding carboxylic acids is 1. The molecule has 2 aliphatic rings. The average Bonchev–Trinajstić information content (AvgIpc) is 3.07. The molecule has 2 aromatic heterocycles. The Morgan fingerprint density at radius 3 is 2.96 bits per heavy atom. The predicted octanol–water partition coefficient (Wildman–Crippen LogP) is 1.44. The number of carbonyl (C=O) groups is 1. The van der Waals surface area contributed by atoms with Crippen molar-refractivity contribution in [2.45, 2.75) is 45.7 Å². The summed E-state index contributed by atoms with van der Waals surface area (Å²) in [5, 5.41) is 24.3. The normalized spacial score (nSPS) is 21.8. The van der Waals surface area contributed by atoms with E-state index in [0.717, 1.165) is 29.0 Å². The van der Waals surface area contributed by atoms with Crippen molar-refractivity contribution in [3.8, 4) is 11.3 Å². The van der Waals surface area contributed by atoms with Crippen molar-refractivity contribution in [2.24, 2.45) is 11.3 Å². The lowest BCUT2D eigenvalue weighted by Crippen LogP contribution is -2.46. The van der Waals surface area contributed by atoms with Gasteiger partial charge in [-0.3, -0.25) is 4.79 Å². The molecule has 0 saturated heterocycles. The first-order valence-corrected chi connectivity index (χ1v) is 9.00. The molecule has 7 nitrogen and oxygen atoms in total. The lowest BCUT2D eigenvalue weighted by atomic mass is 9.87. The fourth-order valence-electron chi connectivity index (χ4n) is 3.86. The first kappa shape index (κ1) is 17.0. The van der Waals surface area contributed by atoms with Crippen LogP contribution in [0.2, 0.25) is 0 Å². The van der Waals surface area contributed by atoms with Crippen LogP contribution in [0.25, 0.3) is 11.3 Å². The highest BCUT2D eigenvalue weighted by Crippen LogP contribution is 2.56. The molecule has 1 aliphatic carbocycles. The number of aromatic nitrogens is 3. The van der Waals surface area contributed by atoms with Gasteiger partial charge in [0.25, 0.3) is 5.91 Å². The number of nitrogens with one attached hydrogen (secondary N) is 1. The maximum Gasteiger partial charge on any atom is 0.268 e. The molecular formula is C19H24N4O3. The van der Waals surface area contributed by atoms with E-state index in [1.54, 1.807) is 0 Å². The zero-order valence-corrected chi connectivity index (χ0v) is 15.3. The van der Waals surface area contributed by atoms with Crippen molar-refractivity contribution in [1.29, 1.82) is 0 Å². The van der Waals surface area contributed by atoms with Gasteiger partial charge in [-0.1, -0.05) is 20.8 Å². The first-order chi connectivity index (χ1) is 12.3. The topological polar surface area (TPSA) is 94.1 Å². The van der Waals surface area contributed by atoms with Crippen molar-refractivity contribution in [1.82, 2.24) is 14.9 Å². The van der Waals surface area contributed by atoms with Crippen LogP contribution in [0.3, 0.4) is 0 Å². The van der Waals surface area contributed by atoms with Crippen LogP contribution in [0, 0.1) is 16.5 Å². The third-order valence-corrected chi connectivity index (χ3v) is 5.55. The Hall–Kier alpha value is -2.41. The van der Waals surface area contributed by atoms with Gasteiger partial charge in [0.2, 0.25) is 6.20 Å². The first-order valence-electron chi connectivity index (χ1n) is 9.00. The summed E-state index contributed by atoms with van der Waals surface area (Å²) in [6, 6.07) is 1.50. The van der Waals surface area contributed by atoms with Crippen LogP contribution in [0.15, 0.2) is 24.7 Å². The Labute approximate surface area is 152 Å². The predicted molar refractivity (Wildman–Crippen MR) is 95.3 cm³/mol. The number of hydrogen-bond acceptors (Lipinski definition) is 4. The number of rotatable bonds is 4. The SMILES string of the molecule is CC(C)(C)[C@@H](CO)NC(=O)c1cc(-c2c[n+]([O-])ccn2)c2n1CC1CC21. The van der Waals surface area contributed by atoms with Gasteiger partial charge in [-0.15, -0.1) is 0 Å². The van der Waals surface area contributed by atoms with Gasteiger partial charge in [0.1, 0.15) is 11.4 Å². The Bertz CT molecular complexity index is 868. The summed E-state index contributed by atoms with van der Waals surface area (Å²) in [6.45, 7) is 6.66. The van der Waals surface area contributed by atoms with Crippen LogP contribution < -0.4 is 10.0 Å². The largest absolute Gasteiger partial charge is 0.619 e. The summed E-state index contributed by atoms with van der Waals surface area (Å²) in [7, 11) is 0.